The van der Waals surface area contributed by atoms with Crippen LogP contribution in [0.25, 0.3) is 0 Å². The van der Waals surface area contributed by atoms with E-state index in [0.717, 1.165) is 49.9 Å². The van der Waals surface area contributed by atoms with Gasteiger partial charge in [0.25, 0.3) is 0 Å². The van der Waals surface area contributed by atoms with E-state index in [1.165, 1.54) is 11.1 Å². The number of nitrogens with zero attached hydrogens (tertiary/aromatic N) is 1. The summed E-state index contributed by atoms with van der Waals surface area (Å²) in [5, 5.41) is 3.35. The predicted molar refractivity (Wildman–Crippen MR) is 123 cm³/mol. The van der Waals surface area contributed by atoms with Crippen molar-refractivity contribution in [1.82, 2.24) is 5.32 Å². The van der Waals surface area contributed by atoms with E-state index >= 15 is 0 Å². The quantitative estimate of drug-likeness (QED) is 0.341. The van der Waals surface area contributed by atoms with Crippen LogP contribution in [0.15, 0.2) is 65.0 Å². The molecule has 1 N–H and O–H groups in total. The molecule has 0 unspecified atom stereocenters. The molecule has 2 rings (SSSR count). The molecule has 1 aromatic rings. The van der Waals surface area contributed by atoms with Crippen molar-refractivity contribution in [2.45, 2.75) is 66.4 Å². The van der Waals surface area contributed by atoms with Gasteiger partial charge >= 0.3 is 0 Å². The lowest BCUT2D eigenvalue weighted by atomic mass is 10.1. The number of hydrogen-bond donors (Lipinski definition) is 1. The van der Waals surface area contributed by atoms with Crippen molar-refractivity contribution in [1.29, 1.82) is 0 Å². The van der Waals surface area contributed by atoms with Gasteiger partial charge in [0.1, 0.15) is 6.10 Å². The van der Waals surface area contributed by atoms with Crippen LogP contribution in [0.4, 0.5) is 0 Å². The zero-order valence-corrected chi connectivity index (χ0v) is 18.4. The van der Waals surface area contributed by atoms with Gasteiger partial charge in [-0.25, -0.2) is 4.99 Å². The highest BCUT2D eigenvalue weighted by Gasteiger charge is 2.17. The number of rotatable bonds is 7. The van der Waals surface area contributed by atoms with Crippen molar-refractivity contribution in [3.05, 3.63) is 71.2 Å². The van der Waals surface area contributed by atoms with Crippen molar-refractivity contribution < 1.29 is 4.74 Å². The standard InChI is InChI=1S/C17H28N2O.C8H10/c1-5-7-8-9-16(14(3)4)17(19-6-2)20-15-10-12-18-13-11-15;1-7-4-3-5-8(2)6-7/h6,8-9,15,18H,3,5,7,10-13H2,1-2,4H3;3-6H,1-2H3/b9-8-,17-16+,19-6-;. The van der Waals surface area contributed by atoms with Crippen LogP contribution >= 0.6 is 0 Å². The van der Waals surface area contributed by atoms with E-state index in [1.54, 1.807) is 6.21 Å². The van der Waals surface area contributed by atoms with E-state index in [0.29, 0.717) is 5.88 Å². The summed E-state index contributed by atoms with van der Waals surface area (Å²) in [4.78, 5) is 4.42. The fourth-order valence-corrected chi connectivity index (χ4v) is 2.92. The summed E-state index contributed by atoms with van der Waals surface area (Å²) in [6.07, 6.45) is 10.6. The first kappa shape index (κ1) is 23.9. The smallest absolute Gasteiger partial charge is 0.220 e. The molecular formula is C25H38N2O. The van der Waals surface area contributed by atoms with Crippen molar-refractivity contribution in [3.8, 4) is 0 Å². The topological polar surface area (TPSA) is 33.6 Å². The Kier molecular flexibility index (Phi) is 11.9. The lowest BCUT2D eigenvalue weighted by molar-refractivity contribution is 0.0859. The molecule has 1 aliphatic rings. The Bertz CT molecular complexity index is 662. The van der Waals surface area contributed by atoms with Crippen LogP contribution in [0.1, 0.15) is 57.6 Å². The highest BCUT2D eigenvalue weighted by Crippen LogP contribution is 2.21. The largest absolute Gasteiger partial charge is 0.474 e. The number of nitrogens with one attached hydrogen (secondary N) is 1. The van der Waals surface area contributed by atoms with Crippen LogP contribution in [0.5, 0.6) is 0 Å². The number of hydrogen-bond acceptors (Lipinski definition) is 3. The van der Waals surface area contributed by atoms with Crippen molar-refractivity contribution >= 4 is 6.21 Å². The van der Waals surface area contributed by atoms with Crippen LogP contribution in [0, 0.1) is 13.8 Å². The molecule has 0 radical (unpaired) electrons. The van der Waals surface area contributed by atoms with Crippen molar-refractivity contribution in [3.63, 3.8) is 0 Å². The van der Waals surface area contributed by atoms with E-state index in [2.05, 4.69) is 74.1 Å². The van der Waals surface area contributed by atoms with Crippen molar-refractivity contribution in [2.75, 3.05) is 13.1 Å². The molecule has 28 heavy (non-hydrogen) atoms. The number of aryl methyl sites for hydroxylation is 2. The summed E-state index contributed by atoms with van der Waals surface area (Å²) in [5.74, 6) is 0.708. The maximum absolute atomic E-state index is 6.12. The Morgan fingerprint density at radius 2 is 1.89 bits per heavy atom. The first-order valence-corrected chi connectivity index (χ1v) is 10.4. The molecule has 0 aromatic heterocycles. The summed E-state index contributed by atoms with van der Waals surface area (Å²) >= 11 is 0. The number of aliphatic imine (C=N–C) groups is 1. The summed E-state index contributed by atoms with van der Waals surface area (Å²) in [7, 11) is 0. The van der Waals surface area contributed by atoms with Gasteiger partial charge in [0.15, 0.2) is 0 Å². The normalized spacial score (nSPS) is 15.9. The molecule has 1 fully saturated rings. The number of allylic oxidation sites excluding steroid dienone is 4. The van der Waals surface area contributed by atoms with Gasteiger partial charge in [-0.1, -0.05) is 67.5 Å². The van der Waals surface area contributed by atoms with Gasteiger partial charge in [0.05, 0.1) is 0 Å². The third-order valence-corrected chi connectivity index (χ3v) is 4.41. The fourth-order valence-electron chi connectivity index (χ4n) is 2.92. The molecule has 3 heteroatoms. The van der Waals surface area contributed by atoms with Gasteiger partial charge in [0, 0.05) is 11.8 Å². The fraction of sp³-hybridized carbons (Fsp3) is 0.480. The molecule has 1 aromatic carbocycles. The minimum absolute atomic E-state index is 0.254. The third kappa shape index (κ3) is 9.70. The average Bonchev–Trinajstić information content (AvgIpc) is 2.66. The highest BCUT2D eigenvalue weighted by atomic mass is 16.5. The molecule has 3 nitrogen and oxygen atoms in total. The maximum Gasteiger partial charge on any atom is 0.220 e. The van der Waals surface area contributed by atoms with E-state index in [1.807, 2.05) is 13.8 Å². The van der Waals surface area contributed by atoms with E-state index in [4.69, 9.17) is 4.74 Å². The first-order chi connectivity index (χ1) is 13.5. The average molecular weight is 383 g/mol. The molecule has 1 saturated heterocycles. The van der Waals surface area contributed by atoms with E-state index in [-0.39, 0.29) is 6.10 Å². The Morgan fingerprint density at radius 1 is 1.25 bits per heavy atom. The van der Waals surface area contributed by atoms with Crippen molar-refractivity contribution in [2.24, 2.45) is 4.99 Å². The Balaban J connectivity index is 0.000000406. The van der Waals surface area contributed by atoms with Gasteiger partial charge in [-0.15, -0.1) is 0 Å². The molecular weight excluding hydrogens is 344 g/mol. The molecule has 0 amide bonds. The monoisotopic (exact) mass is 382 g/mol. The maximum atomic E-state index is 6.12. The second-order valence-corrected chi connectivity index (χ2v) is 7.30. The number of ether oxygens (including phenoxy) is 1. The third-order valence-electron chi connectivity index (χ3n) is 4.41. The minimum Gasteiger partial charge on any atom is -0.474 e. The van der Waals surface area contributed by atoms with Crippen LogP contribution in [-0.4, -0.2) is 25.4 Å². The second-order valence-electron chi connectivity index (χ2n) is 7.30. The lowest BCUT2D eigenvalue weighted by Gasteiger charge is -2.24. The van der Waals surface area contributed by atoms with Crippen LogP contribution in [-0.2, 0) is 4.74 Å². The summed E-state index contributed by atoms with van der Waals surface area (Å²) in [6.45, 7) is 16.4. The zero-order chi connectivity index (χ0) is 20.8. The van der Waals surface area contributed by atoms with Crippen LogP contribution in [0.3, 0.4) is 0 Å². The van der Waals surface area contributed by atoms with Crippen LogP contribution < -0.4 is 5.32 Å². The summed E-state index contributed by atoms with van der Waals surface area (Å²) < 4.78 is 6.12. The number of unbranched alkanes of at least 4 members (excludes halogenated alkanes) is 1. The van der Waals surface area contributed by atoms with E-state index < -0.39 is 0 Å². The summed E-state index contributed by atoms with van der Waals surface area (Å²) in [5.41, 5.74) is 4.68. The molecule has 154 valence electrons. The van der Waals surface area contributed by atoms with Gasteiger partial charge < -0.3 is 10.1 Å². The molecule has 0 aliphatic carbocycles. The van der Waals surface area contributed by atoms with Gasteiger partial charge in [-0.05, 0) is 65.6 Å². The minimum atomic E-state index is 0.254. The molecule has 0 saturated carbocycles. The highest BCUT2D eigenvalue weighted by molar-refractivity contribution is 5.56. The molecule has 1 aliphatic heterocycles. The van der Waals surface area contributed by atoms with E-state index in [9.17, 15) is 0 Å². The Labute approximate surface area is 172 Å². The Morgan fingerprint density at radius 3 is 2.36 bits per heavy atom. The molecule has 0 spiro atoms. The molecule has 1 heterocycles. The molecule has 0 bridgehead atoms. The first-order valence-electron chi connectivity index (χ1n) is 10.4. The van der Waals surface area contributed by atoms with Crippen LogP contribution in [0.2, 0.25) is 0 Å². The predicted octanol–water partition coefficient (Wildman–Crippen LogP) is 6.29. The SMILES string of the molecule is C=C(C)C(/C=C\CCC)=C(\N=C/C)OC1CCNCC1.Cc1cccc(C)c1. The van der Waals surface area contributed by atoms with Gasteiger partial charge in [-0.2, -0.15) is 0 Å². The lowest BCUT2D eigenvalue weighted by Crippen LogP contribution is -2.32. The number of benzene rings is 1. The second kappa shape index (κ2) is 14.0. The Hall–Kier alpha value is -2.13. The molecule has 0 atom stereocenters. The zero-order valence-electron chi connectivity index (χ0n) is 18.4. The van der Waals surface area contributed by atoms with Gasteiger partial charge in [-0.3, -0.25) is 0 Å². The van der Waals surface area contributed by atoms with Gasteiger partial charge in [0.2, 0.25) is 5.88 Å². The number of piperidine rings is 1. The summed E-state index contributed by atoms with van der Waals surface area (Å²) in [6, 6.07) is 8.45.